The number of aromatic nitrogens is 3. The van der Waals surface area contributed by atoms with E-state index in [0.717, 1.165) is 44.3 Å². The fraction of sp³-hybridized carbons (Fsp3) is 0.400. The Morgan fingerprint density at radius 3 is 2.50 bits per heavy atom. The standard InChI is InChI=1S/C20H20ClN3O2/c21-14-3-1-4-15(13-14)26-16-5-2-12-24-17(16)22-23-18(24)19-6-9-20(25,10-7-19)11-8-19/h1-5,12-13,25H,6-11H2. The molecule has 0 atom stereocenters. The van der Waals surface area contributed by atoms with Crippen LogP contribution in [0, 0.1) is 0 Å². The molecule has 3 aromatic rings. The zero-order chi connectivity index (χ0) is 17.8. The summed E-state index contributed by atoms with van der Waals surface area (Å²) in [4.78, 5) is 0. The quantitative estimate of drug-likeness (QED) is 0.737. The topological polar surface area (TPSA) is 59.7 Å². The molecule has 3 aliphatic rings. The summed E-state index contributed by atoms with van der Waals surface area (Å²) < 4.78 is 8.07. The van der Waals surface area contributed by atoms with Crippen LogP contribution < -0.4 is 4.74 Å². The van der Waals surface area contributed by atoms with Crippen molar-refractivity contribution in [2.75, 3.05) is 0 Å². The molecule has 0 aliphatic heterocycles. The molecule has 2 heterocycles. The summed E-state index contributed by atoms with van der Waals surface area (Å²) >= 11 is 6.05. The fourth-order valence-corrected chi connectivity index (χ4v) is 4.67. The van der Waals surface area contributed by atoms with Gasteiger partial charge in [-0.2, -0.15) is 0 Å². The summed E-state index contributed by atoms with van der Waals surface area (Å²) in [7, 11) is 0. The van der Waals surface area contributed by atoms with E-state index >= 15 is 0 Å². The predicted octanol–water partition coefficient (Wildman–Crippen LogP) is 4.51. The molecule has 26 heavy (non-hydrogen) atoms. The van der Waals surface area contributed by atoms with Crippen LogP contribution in [0.4, 0.5) is 0 Å². The van der Waals surface area contributed by atoms with Crippen molar-refractivity contribution in [2.45, 2.75) is 49.5 Å². The lowest BCUT2D eigenvalue weighted by atomic mass is 9.58. The van der Waals surface area contributed by atoms with Gasteiger partial charge in [0.1, 0.15) is 11.6 Å². The molecule has 2 aromatic heterocycles. The molecule has 0 radical (unpaired) electrons. The number of benzene rings is 1. The second kappa shape index (κ2) is 5.69. The molecule has 5 nitrogen and oxygen atoms in total. The normalized spacial score (nSPS) is 27.8. The molecule has 6 rings (SSSR count). The summed E-state index contributed by atoms with van der Waals surface area (Å²) in [5.41, 5.74) is 0.269. The Kier molecular flexibility index (Phi) is 3.52. The maximum atomic E-state index is 10.5. The van der Waals surface area contributed by atoms with Crippen LogP contribution >= 0.6 is 11.6 Å². The van der Waals surface area contributed by atoms with Gasteiger partial charge in [-0.05, 0) is 68.9 Å². The number of fused-ring (bicyclic) bond motifs is 4. The minimum absolute atomic E-state index is 0.0125. The van der Waals surface area contributed by atoms with E-state index in [-0.39, 0.29) is 5.41 Å². The van der Waals surface area contributed by atoms with E-state index in [1.54, 1.807) is 6.07 Å². The summed E-state index contributed by atoms with van der Waals surface area (Å²) in [6, 6.07) is 11.2. The van der Waals surface area contributed by atoms with Gasteiger partial charge in [-0.15, -0.1) is 10.2 Å². The summed E-state index contributed by atoms with van der Waals surface area (Å²) in [5.74, 6) is 2.33. The molecular weight excluding hydrogens is 350 g/mol. The van der Waals surface area contributed by atoms with Crippen LogP contribution in [0.2, 0.25) is 5.02 Å². The highest BCUT2D eigenvalue weighted by molar-refractivity contribution is 6.30. The molecule has 0 unspecified atom stereocenters. The molecular formula is C20H20ClN3O2. The van der Waals surface area contributed by atoms with Crippen molar-refractivity contribution < 1.29 is 9.84 Å². The van der Waals surface area contributed by atoms with Gasteiger partial charge in [-0.25, -0.2) is 0 Å². The highest BCUT2D eigenvalue weighted by atomic mass is 35.5. The molecule has 3 aliphatic carbocycles. The Bertz CT molecular complexity index is 960. The first kappa shape index (κ1) is 16.1. The van der Waals surface area contributed by atoms with Crippen molar-refractivity contribution in [1.29, 1.82) is 0 Å². The fourth-order valence-electron chi connectivity index (χ4n) is 4.49. The van der Waals surface area contributed by atoms with E-state index in [0.29, 0.717) is 22.2 Å². The molecule has 3 fully saturated rings. The first-order chi connectivity index (χ1) is 12.6. The lowest BCUT2D eigenvalue weighted by Gasteiger charge is -2.49. The summed E-state index contributed by atoms with van der Waals surface area (Å²) in [6.45, 7) is 0. The van der Waals surface area contributed by atoms with Crippen molar-refractivity contribution in [1.82, 2.24) is 14.6 Å². The van der Waals surface area contributed by atoms with E-state index in [2.05, 4.69) is 14.6 Å². The lowest BCUT2D eigenvalue weighted by molar-refractivity contribution is -0.0682. The Morgan fingerprint density at radius 1 is 1.00 bits per heavy atom. The Balaban J connectivity index is 1.54. The van der Waals surface area contributed by atoms with E-state index in [1.165, 1.54) is 0 Å². The lowest BCUT2D eigenvalue weighted by Crippen LogP contribution is -2.48. The Morgan fingerprint density at radius 2 is 1.77 bits per heavy atom. The molecule has 0 amide bonds. The van der Waals surface area contributed by atoms with Gasteiger partial charge in [0, 0.05) is 16.6 Å². The van der Waals surface area contributed by atoms with Crippen LogP contribution in [-0.4, -0.2) is 25.3 Å². The van der Waals surface area contributed by atoms with Crippen molar-refractivity contribution in [3.8, 4) is 11.5 Å². The minimum atomic E-state index is -0.455. The molecule has 134 valence electrons. The smallest absolute Gasteiger partial charge is 0.203 e. The predicted molar refractivity (Wildman–Crippen MR) is 98.8 cm³/mol. The van der Waals surface area contributed by atoms with Crippen molar-refractivity contribution in [3.63, 3.8) is 0 Å². The summed E-state index contributed by atoms with van der Waals surface area (Å²) in [6.07, 6.45) is 7.43. The molecule has 3 saturated carbocycles. The average Bonchev–Trinajstić information content (AvgIpc) is 3.09. The Labute approximate surface area is 156 Å². The average molecular weight is 370 g/mol. The van der Waals surface area contributed by atoms with E-state index in [9.17, 15) is 5.11 Å². The van der Waals surface area contributed by atoms with Crippen LogP contribution in [0.1, 0.15) is 44.3 Å². The number of halogens is 1. The van der Waals surface area contributed by atoms with E-state index in [1.807, 2.05) is 36.5 Å². The largest absolute Gasteiger partial charge is 0.453 e. The Hall–Kier alpha value is -2.11. The third kappa shape index (κ3) is 2.49. The van der Waals surface area contributed by atoms with Gasteiger partial charge in [0.2, 0.25) is 5.65 Å². The number of ether oxygens (including phenoxy) is 1. The molecule has 2 bridgehead atoms. The van der Waals surface area contributed by atoms with Gasteiger partial charge < -0.3 is 9.84 Å². The number of nitrogens with zero attached hydrogens (tertiary/aromatic N) is 3. The van der Waals surface area contributed by atoms with Gasteiger partial charge in [0.25, 0.3) is 0 Å². The second-order valence-corrected chi connectivity index (χ2v) is 8.09. The second-order valence-electron chi connectivity index (χ2n) is 7.65. The van der Waals surface area contributed by atoms with Crippen LogP contribution in [0.3, 0.4) is 0 Å². The van der Waals surface area contributed by atoms with Gasteiger partial charge in [-0.1, -0.05) is 17.7 Å². The van der Waals surface area contributed by atoms with Crippen LogP contribution in [-0.2, 0) is 5.41 Å². The monoisotopic (exact) mass is 369 g/mol. The van der Waals surface area contributed by atoms with E-state index in [4.69, 9.17) is 16.3 Å². The van der Waals surface area contributed by atoms with Crippen molar-refractivity contribution in [3.05, 3.63) is 53.4 Å². The van der Waals surface area contributed by atoms with Crippen LogP contribution in [0.25, 0.3) is 5.65 Å². The zero-order valence-corrected chi connectivity index (χ0v) is 15.1. The number of rotatable bonds is 3. The van der Waals surface area contributed by atoms with Gasteiger partial charge in [0.05, 0.1) is 5.60 Å². The van der Waals surface area contributed by atoms with Crippen LogP contribution in [0.15, 0.2) is 42.6 Å². The third-order valence-electron chi connectivity index (χ3n) is 6.10. The number of pyridine rings is 1. The number of hydrogen-bond donors (Lipinski definition) is 1. The third-order valence-corrected chi connectivity index (χ3v) is 6.34. The molecule has 0 spiro atoms. The first-order valence-electron chi connectivity index (χ1n) is 9.07. The summed E-state index contributed by atoms with van der Waals surface area (Å²) in [5, 5.41) is 20.1. The molecule has 0 saturated heterocycles. The maximum absolute atomic E-state index is 10.5. The molecule has 6 heteroatoms. The van der Waals surface area contributed by atoms with Gasteiger partial charge in [-0.3, -0.25) is 4.40 Å². The maximum Gasteiger partial charge on any atom is 0.203 e. The number of aliphatic hydroxyl groups is 1. The number of hydrogen-bond acceptors (Lipinski definition) is 4. The highest BCUT2D eigenvalue weighted by Crippen LogP contribution is 2.53. The van der Waals surface area contributed by atoms with E-state index < -0.39 is 5.60 Å². The SMILES string of the molecule is OC12CCC(c3nnc4c(Oc5cccc(Cl)c5)cccn34)(CC1)CC2. The first-order valence-corrected chi connectivity index (χ1v) is 9.45. The minimum Gasteiger partial charge on any atom is -0.453 e. The zero-order valence-electron chi connectivity index (χ0n) is 14.4. The van der Waals surface area contributed by atoms with Gasteiger partial charge >= 0.3 is 0 Å². The van der Waals surface area contributed by atoms with Crippen LogP contribution in [0.5, 0.6) is 11.5 Å². The highest BCUT2D eigenvalue weighted by Gasteiger charge is 2.50. The van der Waals surface area contributed by atoms with Crippen molar-refractivity contribution in [2.24, 2.45) is 0 Å². The molecule has 1 N–H and O–H groups in total. The van der Waals surface area contributed by atoms with Gasteiger partial charge in [0.15, 0.2) is 5.75 Å². The molecule has 1 aromatic carbocycles. The van der Waals surface area contributed by atoms with Crippen molar-refractivity contribution >= 4 is 17.2 Å².